The van der Waals surface area contributed by atoms with Gasteiger partial charge in [0.15, 0.2) is 0 Å². The van der Waals surface area contributed by atoms with Crippen molar-refractivity contribution in [2.24, 2.45) is 5.92 Å². The minimum Gasteiger partial charge on any atom is -0.353 e. The maximum Gasteiger partial charge on any atom is 0.251 e. The highest BCUT2D eigenvalue weighted by Crippen LogP contribution is 2.29. The van der Waals surface area contributed by atoms with E-state index in [2.05, 4.69) is 10.6 Å². The first-order valence-electron chi connectivity index (χ1n) is 9.58. The molecule has 3 rings (SSSR count). The predicted molar refractivity (Wildman–Crippen MR) is 98.5 cm³/mol. The van der Waals surface area contributed by atoms with Gasteiger partial charge in [-0.05, 0) is 37.8 Å². The van der Waals surface area contributed by atoms with Crippen molar-refractivity contribution in [1.82, 2.24) is 15.5 Å². The lowest BCUT2D eigenvalue weighted by Gasteiger charge is -2.26. The molecule has 3 amide bonds. The van der Waals surface area contributed by atoms with Crippen molar-refractivity contribution in [3.8, 4) is 0 Å². The highest BCUT2D eigenvalue weighted by molar-refractivity contribution is 5.94. The minimum absolute atomic E-state index is 0.105. The van der Waals surface area contributed by atoms with Crippen LogP contribution < -0.4 is 10.6 Å². The molecule has 1 heterocycles. The molecule has 1 aromatic carbocycles. The highest BCUT2D eigenvalue weighted by atomic mass is 16.2. The second-order valence-corrected chi connectivity index (χ2v) is 7.08. The van der Waals surface area contributed by atoms with Crippen molar-refractivity contribution in [3.05, 3.63) is 35.9 Å². The fourth-order valence-corrected chi connectivity index (χ4v) is 3.88. The summed E-state index contributed by atoms with van der Waals surface area (Å²) in [4.78, 5) is 38.8. The number of rotatable bonds is 6. The summed E-state index contributed by atoms with van der Waals surface area (Å²) in [5.41, 5.74) is 0.600. The van der Waals surface area contributed by atoms with Crippen molar-refractivity contribution in [2.45, 2.75) is 44.6 Å². The smallest absolute Gasteiger partial charge is 0.251 e. The van der Waals surface area contributed by atoms with Crippen molar-refractivity contribution in [1.29, 1.82) is 0 Å². The van der Waals surface area contributed by atoms with Gasteiger partial charge >= 0.3 is 0 Å². The Morgan fingerprint density at radius 2 is 1.62 bits per heavy atom. The summed E-state index contributed by atoms with van der Waals surface area (Å²) >= 11 is 0. The molecule has 6 nitrogen and oxygen atoms in total. The van der Waals surface area contributed by atoms with Crippen LogP contribution in [0.5, 0.6) is 0 Å². The zero-order chi connectivity index (χ0) is 18.4. The van der Waals surface area contributed by atoms with Crippen molar-refractivity contribution in [3.63, 3.8) is 0 Å². The normalized spacial score (nSPS) is 20.2. The maximum absolute atomic E-state index is 12.6. The Labute approximate surface area is 154 Å². The molecule has 1 saturated carbocycles. The molecule has 2 fully saturated rings. The van der Waals surface area contributed by atoms with E-state index in [1.54, 1.807) is 17.0 Å². The largest absolute Gasteiger partial charge is 0.353 e. The molecule has 1 aliphatic carbocycles. The summed E-state index contributed by atoms with van der Waals surface area (Å²) in [5.74, 6) is -0.00680. The maximum atomic E-state index is 12.6. The number of amides is 3. The van der Waals surface area contributed by atoms with Gasteiger partial charge in [0, 0.05) is 31.1 Å². The number of hydrogen-bond acceptors (Lipinski definition) is 3. The van der Waals surface area contributed by atoms with E-state index in [1.165, 1.54) is 0 Å². The molecule has 1 atom stereocenters. The molecule has 140 valence electrons. The van der Waals surface area contributed by atoms with Gasteiger partial charge in [-0.3, -0.25) is 14.4 Å². The first-order chi connectivity index (χ1) is 12.7. The monoisotopic (exact) mass is 357 g/mol. The zero-order valence-corrected chi connectivity index (χ0v) is 15.1. The lowest BCUT2D eigenvalue weighted by molar-refractivity contribution is -0.141. The van der Waals surface area contributed by atoms with E-state index in [4.69, 9.17) is 0 Å². The lowest BCUT2D eigenvalue weighted by atomic mass is 10.1. The molecule has 1 saturated heterocycles. The third-order valence-corrected chi connectivity index (χ3v) is 5.29. The van der Waals surface area contributed by atoms with Gasteiger partial charge in [-0.15, -0.1) is 0 Å². The fraction of sp³-hybridized carbons (Fsp3) is 0.550. The van der Waals surface area contributed by atoms with Crippen LogP contribution in [0.3, 0.4) is 0 Å². The second kappa shape index (κ2) is 8.83. The fourth-order valence-electron chi connectivity index (χ4n) is 3.88. The summed E-state index contributed by atoms with van der Waals surface area (Å²) in [7, 11) is 0. The van der Waals surface area contributed by atoms with Crippen molar-refractivity contribution >= 4 is 17.7 Å². The third-order valence-electron chi connectivity index (χ3n) is 5.29. The number of hydrogen-bond donors (Lipinski definition) is 2. The van der Waals surface area contributed by atoms with Crippen LogP contribution >= 0.6 is 0 Å². The van der Waals surface area contributed by atoms with Crippen LogP contribution in [-0.4, -0.2) is 48.3 Å². The summed E-state index contributed by atoms with van der Waals surface area (Å²) in [6.07, 6.45) is 5.73. The van der Waals surface area contributed by atoms with Crippen LogP contribution in [0.1, 0.15) is 48.9 Å². The zero-order valence-electron chi connectivity index (χ0n) is 15.1. The van der Waals surface area contributed by atoms with Crippen molar-refractivity contribution < 1.29 is 14.4 Å². The standard InChI is InChI=1S/C20H27N3O3/c24-18(15-7-2-1-3-8-15)21-12-13-22-19(25)17-11-6-14-23(17)20(26)16-9-4-5-10-16/h1-3,7-8,16-17H,4-6,9-14H2,(H,21,24)(H,22,25)/t17-/m0/s1. The molecule has 0 bridgehead atoms. The van der Waals surface area contributed by atoms with Gasteiger partial charge in [0.25, 0.3) is 5.91 Å². The molecule has 0 aromatic heterocycles. The second-order valence-electron chi connectivity index (χ2n) is 7.08. The molecule has 2 aliphatic rings. The Morgan fingerprint density at radius 3 is 2.35 bits per heavy atom. The molecule has 26 heavy (non-hydrogen) atoms. The molecule has 1 aromatic rings. The first-order valence-corrected chi connectivity index (χ1v) is 9.58. The molecule has 2 N–H and O–H groups in total. The lowest BCUT2D eigenvalue weighted by Crippen LogP contribution is -2.48. The first kappa shape index (κ1) is 18.4. The topological polar surface area (TPSA) is 78.5 Å². The number of benzene rings is 1. The summed E-state index contributed by atoms with van der Waals surface area (Å²) in [6, 6.07) is 8.63. The Kier molecular flexibility index (Phi) is 6.26. The van der Waals surface area contributed by atoms with Gasteiger partial charge in [-0.25, -0.2) is 0 Å². The minimum atomic E-state index is -0.354. The van der Waals surface area contributed by atoms with E-state index in [1.807, 2.05) is 18.2 Å². The van der Waals surface area contributed by atoms with Gasteiger partial charge in [-0.2, -0.15) is 0 Å². The van der Waals surface area contributed by atoms with E-state index in [0.717, 1.165) is 38.5 Å². The van der Waals surface area contributed by atoms with E-state index in [9.17, 15) is 14.4 Å². The Morgan fingerprint density at radius 1 is 0.923 bits per heavy atom. The quantitative estimate of drug-likeness (QED) is 0.761. The Balaban J connectivity index is 1.42. The summed E-state index contributed by atoms with van der Waals surface area (Å²) in [6.45, 7) is 1.40. The van der Waals surface area contributed by atoms with Crippen LogP contribution in [-0.2, 0) is 9.59 Å². The van der Waals surface area contributed by atoms with Crippen LogP contribution in [0.2, 0.25) is 0 Å². The molecule has 0 unspecified atom stereocenters. The van der Waals surface area contributed by atoms with Crippen LogP contribution in [0.15, 0.2) is 30.3 Å². The Bertz CT molecular complexity index is 641. The SMILES string of the molecule is O=C(NCCNC(=O)[C@@H]1CCCN1C(=O)C1CCCC1)c1ccccc1. The summed E-state index contributed by atoms with van der Waals surface area (Å²) in [5, 5.41) is 5.65. The number of carbonyl (C=O) groups is 3. The van der Waals surface area contributed by atoms with Gasteiger partial charge < -0.3 is 15.5 Å². The van der Waals surface area contributed by atoms with Gasteiger partial charge in [0.1, 0.15) is 6.04 Å². The Hall–Kier alpha value is -2.37. The molecule has 0 radical (unpaired) electrons. The summed E-state index contributed by atoms with van der Waals surface area (Å²) < 4.78 is 0. The van der Waals surface area contributed by atoms with Crippen molar-refractivity contribution in [2.75, 3.05) is 19.6 Å². The molecular weight excluding hydrogens is 330 g/mol. The predicted octanol–water partition coefficient (Wildman–Crippen LogP) is 1.71. The average molecular weight is 357 g/mol. The van der Waals surface area contributed by atoms with E-state index in [-0.39, 0.29) is 29.7 Å². The number of likely N-dealkylation sites (tertiary alicyclic amines) is 1. The third kappa shape index (κ3) is 4.42. The molecule has 6 heteroatoms. The average Bonchev–Trinajstić information content (AvgIpc) is 3.37. The van der Waals surface area contributed by atoms with E-state index < -0.39 is 0 Å². The van der Waals surface area contributed by atoms with E-state index in [0.29, 0.717) is 25.2 Å². The molecule has 1 aliphatic heterocycles. The highest BCUT2D eigenvalue weighted by Gasteiger charge is 2.37. The van der Waals surface area contributed by atoms with E-state index >= 15 is 0 Å². The number of carbonyl (C=O) groups excluding carboxylic acids is 3. The van der Waals surface area contributed by atoms with Gasteiger partial charge in [-0.1, -0.05) is 31.0 Å². The van der Waals surface area contributed by atoms with Crippen LogP contribution in [0.4, 0.5) is 0 Å². The number of nitrogens with one attached hydrogen (secondary N) is 2. The number of nitrogens with zero attached hydrogens (tertiary/aromatic N) is 1. The molecule has 0 spiro atoms. The van der Waals surface area contributed by atoms with Gasteiger partial charge in [0.05, 0.1) is 0 Å². The van der Waals surface area contributed by atoms with Crippen LogP contribution in [0.25, 0.3) is 0 Å². The molecular formula is C20H27N3O3. The van der Waals surface area contributed by atoms with Gasteiger partial charge in [0.2, 0.25) is 11.8 Å². The van der Waals surface area contributed by atoms with Crippen LogP contribution in [0, 0.1) is 5.92 Å².